The first kappa shape index (κ1) is 16.4. The van der Waals surface area contributed by atoms with Gasteiger partial charge in [0.2, 0.25) is 0 Å². The van der Waals surface area contributed by atoms with Crippen molar-refractivity contribution in [1.82, 2.24) is 0 Å². The largest absolute Gasteiger partial charge is 0.328 e. The van der Waals surface area contributed by atoms with E-state index in [1.165, 1.54) is 17.0 Å². The fourth-order valence-corrected chi connectivity index (χ4v) is 3.37. The number of halogens is 1. The number of benzene rings is 2. The van der Waals surface area contributed by atoms with Gasteiger partial charge in [-0.05, 0) is 35.7 Å². The van der Waals surface area contributed by atoms with E-state index in [-0.39, 0.29) is 24.3 Å². The number of nitrogens with two attached hydrogens (primary N) is 1. The van der Waals surface area contributed by atoms with Crippen molar-refractivity contribution in [2.45, 2.75) is 6.04 Å². The molecule has 2 aromatic carbocycles. The van der Waals surface area contributed by atoms with Crippen molar-refractivity contribution in [2.75, 3.05) is 11.9 Å². The number of amides is 1. The van der Waals surface area contributed by atoms with Crippen molar-refractivity contribution in [1.29, 1.82) is 0 Å². The first-order valence-corrected chi connectivity index (χ1v) is 8.57. The van der Waals surface area contributed by atoms with Gasteiger partial charge in [-0.3, -0.25) is 4.79 Å². The zero-order chi connectivity index (χ0) is 16.8. The Morgan fingerprint density at radius 1 is 1.04 bits per heavy atom. The Balaban J connectivity index is 1.65. The van der Waals surface area contributed by atoms with E-state index < -0.39 is 0 Å². The molecule has 1 amide bonds. The minimum Gasteiger partial charge on any atom is -0.328 e. The number of thiophene rings is 1. The number of hydrogen-bond donors (Lipinski definition) is 2. The lowest BCUT2D eigenvalue weighted by Gasteiger charge is -2.14. The van der Waals surface area contributed by atoms with Crippen LogP contribution in [0.5, 0.6) is 0 Å². The predicted octanol–water partition coefficient (Wildman–Crippen LogP) is 3.18. The predicted molar refractivity (Wildman–Crippen MR) is 94.4 cm³/mol. The van der Waals surface area contributed by atoms with Gasteiger partial charge in [0.1, 0.15) is 11.9 Å². The highest BCUT2D eigenvalue weighted by atomic mass is 32.1. The average Bonchev–Trinajstić information content (AvgIpc) is 3.12. The van der Waals surface area contributed by atoms with Crippen molar-refractivity contribution in [3.63, 3.8) is 0 Å². The molecule has 3 nitrogen and oxygen atoms in total. The Morgan fingerprint density at radius 2 is 1.79 bits per heavy atom. The van der Waals surface area contributed by atoms with Crippen molar-refractivity contribution in [3.8, 4) is 0 Å². The van der Waals surface area contributed by atoms with Crippen LogP contribution in [-0.2, 0) is 4.79 Å². The number of quaternary nitrogens is 1. The van der Waals surface area contributed by atoms with E-state index in [0.29, 0.717) is 5.69 Å². The zero-order valence-electron chi connectivity index (χ0n) is 13.0. The van der Waals surface area contributed by atoms with Crippen molar-refractivity contribution in [2.24, 2.45) is 0 Å². The average molecular weight is 341 g/mol. The summed E-state index contributed by atoms with van der Waals surface area (Å²) in [5.41, 5.74) is 1.76. The third-order valence-corrected chi connectivity index (χ3v) is 4.63. The minimum absolute atomic E-state index is 0.0881. The fraction of sp³-hybridized carbons (Fsp3) is 0.105. The Hall–Kier alpha value is -2.50. The highest BCUT2D eigenvalue weighted by molar-refractivity contribution is 7.10. The van der Waals surface area contributed by atoms with Crippen LogP contribution in [-0.4, -0.2) is 12.5 Å². The van der Waals surface area contributed by atoms with Gasteiger partial charge in [-0.1, -0.05) is 36.4 Å². The molecular weight excluding hydrogens is 323 g/mol. The van der Waals surface area contributed by atoms with E-state index in [1.54, 1.807) is 23.5 Å². The number of carbonyl (C=O) groups is 1. The second-order valence-corrected chi connectivity index (χ2v) is 6.38. The summed E-state index contributed by atoms with van der Waals surface area (Å²) in [6.45, 7) is 0.287. The summed E-state index contributed by atoms with van der Waals surface area (Å²) >= 11 is 1.68. The molecule has 0 saturated heterocycles. The van der Waals surface area contributed by atoms with Gasteiger partial charge in [0.15, 0.2) is 6.54 Å². The number of nitrogens with one attached hydrogen (secondary N) is 1. The van der Waals surface area contributed by atoms with Gasteiger partial charge in [0.05, 0.1) is 4.88 Å². The third kappa shape index (κ3) is 4.28. The van der Waals surface area contributed by atoms with E-state index in [2.05, 4.69) is 23.5 Å². The SMILES string of the molecule is O=C(C[NH2+][C@H](c1ccccc1)c1cccs1)Nc1ccc(F)cc1. The molecule has 3 aromatic rings. The van der Waals surface area contributed by atoms with E-state index in [0.717, 1.165) is 5.56 Å². The molecule has 0 saturated carbocycles. The molecule has 122 valence electrons. The van der Waals surface area contributed by atoms with Crippen LogP contribution in [0.25, 0.3) is 0 Å². The topological polar surface area (TPSA) is 45.7 Å². The van der Waals surface area contributed by atoms with Crippen LogP contribution >= 0.6 is 11.3 Å². The normalized spacial score (nSPS) is 11.9. The summed E-state index contributed by atoms with van der Waals surface area (Å²) in [6.07, 6.45) is 0. The van der Waals surface area contributed by atoms with E-state index in [1.807, 2.05) is 35.0 Å². The van der Waals surface area contributed by atoms with Gasteiger partial charge >= 0.3 is 0 Å². The number of anilines is 1. The third-order valence-electron chi connectivity index (χ3n) is 3.68. The van der Waals surface area contributed by atoms with Crippen LogP contribution in [0.1, 0.15) is 16.5 Å². The molecule has 1 heterocycles. The van der Waals surface area contributed by atoms with Gasteiger partial charge < -0.3 is 10.6 Å². The Morgan fingerprint density at radius 3 is 2.46 bits per heavy atom. The number of hydrogen-bond acceptors (Lipinski definition) is 2. The maximum absolute atomic E-state index is 12.9. The van der Waals surface area contributed by atoms with Crippen LogP contribution in [0.2, 0.25) is 0 Å². The van der Waals surface area contributed by atoms with Crippen molar-refractivity contribution < 1.29 is 14.5 Å². The summed E-state index contributed by atoms with van der Waals surface area (Å²) in [5.74, 6) is -0.430. The van der Waals surface area contributed by atoms with Crippen LogP contribution in [0.15, 0.2) is 72.1 Å². The van der Waals surface area contributed by atoms with Crippen LogP contribution in [0, 0.1) is 5.82 Å². The lowest BCUT2D eigenvalue weighted by Crippen LogP contribution is -2.87. The first-order valence-electron chi connectivity index (χ1n) is 7.69. The fourth-order valence-electron chi connectivity index (χ4n) is 2.52. The smallest absolute Gasteiger partial charge is 0.279 e. The maximum Gasteiger partial charge on any atom is 0.279 e. The van der Waals surface area contributed by atoms with E-state index in [9.17, 15) is 9.18 Å². The van der Waals surface area contributed by atoms with Gasteiger partial charge in [-0.25, -0.2) is 4.39 Å². The Kier molecular flexibility index (Phi) is 5.36. The monoisotopic (exact) mass is 341 g/mol. The molecule has 0 spiro atoms. The highest BCUT2D eigenvalue weighted by Gasteiger charge is 2.19. The summed E-state index contributed by atoms with van der Waals surface area (Å²) in [7, 11) is 0. The lowest BCUT2D eigenvalue weighted by atomic mass is 10.1. The second kappa shape index (κ2) is 7.86. The number of rotatable bonds is 6. The van der Waals surface area contributed by atoms with Crippen LogP contribution in [0.4, 0.5) is 10.1 Å². The molecule has 0 aliphatic carbocycles. The summed E-state index contributed by atoms with van der Waals surface area (Å²) in [4.78, 5) is 13.4. The second-order valence-electron chi connectivity index (χ2n) is 5.40. The molecule has 1 aromatic heterocycles. The summed E-state index contributed by atoms with van der Waals surface area (Å²) in [6, 6.07) is 20.1. The standard InChI is InChI=1S/C19H17FN2OS/c20-15-8-10-16(11-9-15)22-18(23)13-21-19(17-7-4-12-24-17)14-5-2-1-3-6-14/h1-12,19,21H,13H2,(H,22,23)/p+1/t19-/m1/s1. The molecule has 0 unspecified atom stereocenters. The molecule has 0 bridgehead atoms. The molecule has 0 fully saturated rings. The first-order chi connectivity index (χ1) is 11.7. The highest BCUT2D eigenvalue weighted by Crippen LogP contribution is 2.22. The van der Waals surface area contributed by atoms with Gasteiger partial charge in [-0.2, -0.15) is 0 Å². The van der Waals surface area contributed by atoms with Gasteiger partial charge in [-0.15, -0.1) is 11.3 Å². The Bertz CT molecular complexity index is 773. The molecule has 3 N–H and O–H groups in total. The molecular formula is C19H18FN2OS+. The minimum atomic E-state index is -0.318. The van der Waals surface area contributed by atoms with Gasteiger partial charge in [0, 0.05) is 11.3 Å². The van der Waals surface area contributed by atoms with Gasteiger partial charge in [0.25, 0.3) is 5.91 Å². The van der Waals surface area contributed by atoms with E-state index in [4.69, 9.17) is 0 Å². The maximum atomic E-state index is 12.9. The Labute approximate surface area is 144 Å². The molecule has 1 atom stereocenters. The molecule has 0 radical (unpaired) electrons. The van der Waals surface area contributed by atoms with Crippen molar-refractivity contribution in [3.05, 3.63) is 88.4 Å². The van der Waals surface area contributed by atoms with Crippen LogP contribution < -0.4 is 10.6 Å². The quantitative estimate of drug-likeness (QED) is 0.711. The zero-order valence-corrected chi connectivity index (χ0v) is 13.8. The molecule has 0 aliphatic heterocycles. The summed E-state index contributed by atoms with van der Waals surface area (Å²) < 4.78 is 12.9. The molecule has 5 heteroatoms. The lowest BCUT2D eigenvalue weighted by molar-refractivity contribution is -0.675. The molecule has 0 aliphatic rings. The molecule has 3 rings (SSSR count). The summed E-state index contributed by atoms with van der Waals surface area (Å²) in [5, 5.41) is 6.84. The van der Waals surface area contributed by atoms with E-state index >= 15 is 0 Å². The van der Waals surface area contributed by atoms with Crippen LogP contribution in [0.3, 0.4) is 0 Å². The molecule has 24 heavy (non-hydrogen) atoms. The van der Waals surface area contributed by atoms with Crippen molar-refractivity contribution >= 4 is 22.9 Å². The number of carbonyl (C=O) groups excluding carboxylic acids is 1.